The van der Waals surface area contributed by atoms with Crippen LogP contribution in [0.2, 0.25) is 0 Å². The Morgan fingerprint density at radius 3 is 2.60 bits per heavy atom. The average Bonchev–Trinajstić information content (AvgIpc) is 2.18. The third-order valence-electron chi connectivity index (χ3n) is 1.85. The van der Waals surface area contributed by atoms with Gasteiger partial charge in [-0.2, -0.15) is 0 Å². The van der Waals surface area contributed by atoms with Crippen LogP contribution < -0.4 is 5.73 Å². The second-order valence-corrected chi connectivity index (χ2v) is 3.58. The average molecular weight is 226 g/mol. The van der Waals surface area contributed by atoms with Crippen molar-refractivity contribution >= 4 is 23.6 Å². The van der Waals surface area contributed by atoms with Crippen molar-refractivity contribution in [1.82, 2.24) is 0 Å². The van der Waals surface area contributed by atoms with E-state index in [1.54, 1.807) is 6.08 Å². The molecule has 0 saturated heterocycles. The quantitative estimate of drug-likeness (QED) is 0.825. The van der Waals surface area contributed by atoms with E-state index in [-0.39, 0.29) is 6.42 Å². The van der Waals surface area contributed by atoms with Crippen LogP contribution in [-0.2, 0) is 4.79 Å². The van der Waals surface area contributed by atoms with Crippen LogP contribution in [0.5, 0.6) is 0 Å². The fourth-order valence-electron chi connectivity index (χ4n) is 1.10. The molecule has 0 aliphatic carbocycles. The van der Waals surface area contributed by atoms with E-state index in [4.69, 9.17) is 22.4 Å². The molecule has 0 aliphatic heterocycles. The summed E-state index contributed by atoms with van der Waals surface area (Å²) >= 11 is 5.88. The number of hydrogen-bond acceptors (Lipinski definition) is 2. The van der Waals surface area contributed by atoms with Crippen molar-refractivity contribution in [2.24, 2.45) is 5.73 Å². The number of benzene rings is 1. The Morgan fingerprint density at radius 1 is 1.47 bits per heavy atom. The van der Waals surface area contributed by atoms with Crippen LogP contribution in [0.25, 0.3) is 6.08 Å². The number of aliphatic carboxylic acids is 1. The molecule has 3 N–H and O–H groups in total. The van der Waals surface area contributed by atoms with Crippen LogP contribution in [0, 0.1) is 0 Å². The van der Waals surface area contributed by atoms with Crippen molar-refractivity contribution in [3.05, 3.63) is 40.9 Å². The van der Waals surface area contributed by atoms with Crippen molar-refractivity contribution in [2.45, 2.75) is 12.5 Å². The topological polar surface area (TPSA) is 63.3 Å². The maximum Gasteiger partial charge on any atom is 0.305 e. The Labute approximate surface area is 93.2 Å². The van der Waals surface area contributed by atoms with E-state index < -0.39 is 12.0 Å². The minimum Gasteiger partial charge on any atom is -0.481 e. The Balaban J connectivity index is 2.71. The number of carboxylic acid groups (broad SMARTS) is 1. The summed E-state index contributed by atoms with van der Waals surface area (Å²) in [6.45, 7) is 0. The van der Waals surface area contributed by atoms with Crippen LogP contribution in [0.15, 0.2) is 35.4 Å². The summed E-state index contributed by atoms with van der Waals surface area (Å²) in [7, 11) is 0. The lowest BCUT2D eigenvalue weighted by Gasteiger charge is -2.07. The van der Waals surface area contributed by atoms with Crippen LogP contribution in [0.4, 0.5) is 0 Å². The molecule has 0 bridgehead atoms. The molecule has 1 unspecified atom stereocenters. The molecule has 1 aromatic rings. The SMILES string of the molecule is NC(CC(=O)O)/C(Cl)=C\c1ccccc1. The van der Waals surface area contributed by atoms with E-state index in [1.165, 1.54) is 0 Å². The maximum absolute atomic E-state index is 10.4. The maximum atomic E-state index is 10.4. The van der Waals surface area contributed by atoms with Gasteiger partial charge in [0.05, 0.1) is 12.5 Å². The fraction of sp³-hybridized carbons (Fsp3) is 0.182. The van der Waals surface area contributed by atoms with Crippen molar-refractivity contribution in [1.29, 1.82) is 0 Å². The molecule has 0 amide bonds. The highest BCUT2D eigenvalue weighted by atomic mass is 35.5. The third kappa shape index (κ3) is 4.14. The predicted octanol–water partition coefficient (Wildman–Crippen LogP) is 2.07. The molecule has 0 aliphatic rings. The minimum absolute atomic E-state index is 0.165. The minimum atomic E-state index is -0.956. The Kier molecular flexibility index (Phi) is 4.34. The molecule has 0 fully saturated rings. The van der Waals surface area contributed by atoms with Gasteiger partial charge in [0.25, 0.3) is 0 Å². The zero-order valence-electron chi connectivity index (χ0n) is 8.06. The van der Waals surface area contributed by atoms with Gasteiger partial charge >= 0.3 is 5.97 Å². The lowest BCUT2D eigenvalue weighted by atomic mass is 10.1. The number of halogens is 1. The molecule has 3 nitrogen and oxygen atoms in total. The summed E-state index contributed by atoms with van der Waals surface area (Å²) in [5.41, 5.74) is 6.49. The molecule has 4 heteroatoms. The molecule has 0 saturated carbocycles. The van der Waals surface area contributed by atoms with Crippen molar-refractivity contribution in [3.63, 3.8) is 0 Å². The lowest BCUT2D eigenvalue weighted by Crippen LogP contribution is -2.23. The van der Waals surface area contributed by atoms with Crippen LogP contribution in [0.3, 0.4) is 0 Å². The van der Waals surface area contributed by atoms with Crippen molar-refractivity contribution < 1.29 is 9.90 Å². The zero-order valence-corrected chi connectivity index (χ0v) is 8.82. The largest absolute Gasteiger partial charge is 0.481 e. The van der Waals surface area contributed by atoms with Gasteiger partial charge in [0, 0.05) is 5.03 Å². The van der Waals surface area contributed by atoms with Gasteiger partial charge in [-0.1, -0.05) is 41.9 Å². The molecule has 0 radical (unpaired) electrons. The monoisotopic (exact) mass is 225 g/mol. The van der Waals surface area contributed by atoms with Gasteiger partial charge in [-0.3, -0.25) is 4.79 Å². The van der Waals surface area contributed by atoms with Crippen LogP contribution in [-0.4, -0.2) is 17.1 Å². The van der Waals surface area contributed by atoms with E-state index in [0.29, 0.717) is 5.03 Å². The van der Waals surface area contributed by atoms with Gasteiger partial charge in [0.1, 0.15) is 0 Å². The van der Waals surface area contributed by atoms with E-state index >= 15 is 0 Å². The second-order valence-electron chi connectivity index (χ2n) is 3.14. The smallest absolute Gasteiger partial charge is 0.305 e. The Hall–Kier alpha value is -1.32. The van der Waals surface area contributed by atoms with Crippen molar-refractivity contribution in [3.8, 4) is 0 Å². The highest BCUT2D eigenvalue weighted by molar-refractivity contribution is 6.32. The number of hydrogen-bond donors (Lipinski definition) is 2. The summed E-state index contributed by atoms with van der Waals surface area (Å²) < 4.78 is 0. The van der Waals surface area contributed by atoms with Crippen molar-refractivity contribution in [2.75, 3.05) is 0 Å². The highest BCUT2D eigenvalue weighted by Crippen LogP contribution is 2.14. The molecule has 1 aromatic carbocycles. The van der Waals surface area contributed by atoms with Gasteiger partial charge in [0.2, 0.25) is 0 Å². The Morgan fingerprint density at radius 2 is 2.07 bits per heavy atom. The van der Waals surface area contributed by atoms with Crippen LogP contribution >= 0.6 is 11.6 Å². The fourth-order valence-corrected chi connectivity index (χ4v) is 1.30. The summed E-state index contributed by atoms with van der Waals surface area (Å²) in [5.74, 6) is -0.956. The summed E-state index contributed by atoms with van der Waals surface area (Å²) in [4.78, 5) is 10.4. The summed E-state index contributed by atoms with van der Waals surface area (Å²) in [6.07, 6.45) is 1.51. The first-order valence-electron chi connectivity index (χ1n) is 4.49. The highest BCUT2D eigenvalue weighted by Gasteiger charge is 2.11. The number of rotatable bonds is 4. The molecular formula is C11H12ClNO2. The van der Waals surface area contributed by atoms with Gasteiger partial charge in [-0.05, 0) is 11.6 Å². The van der Waals surface area contributed by atoms with Gasteiger partial charge in [-0.25, -0.2) is 0 Å². The zero-order chi connectivity index (χ0) is 11.3. The van der Waals surface area contributed by atoms with E-state index in [0.717, 1.165) is 5.56 Å². The number of carbonyl (C=O) groups is 1. The first kappa shape index (κ1) is 11.8. The molecule has 1 atom stereocenters. The standard InChI is InChI=1S/C11H12ClNO2/c12-9(10(13)7-11(14)15)6-8-4-2-1-3-5-8/h1-6,10H,7,13H2,(H,14,15)/b9-6+. The van der Waals surface area contributed by atoms with Crippen LogP contribution in [0.1, 0.15) is 12.0 Å². The summed E-state index contributed by atoms with van der Waals surface area (Å²) in [6, 6.07) is 8.73. The second kappa shape index (κ2) is 5.53. The third-order valence-corrected chi connectivity index (χ3v) is 2.24. The first-order valence-corrected chi connectivity index (χ1v) is 4.87. The first-order chi connectivity index (χ1) is 7.09. The molecule has 15 heavy (non-hydrogen) atoms. The molecule has 1 rings (SSSR count). The van der Waals surface area contributed by atoms with E-state index in [2.05, 4.69) is 0 Å². The van der Waals surface area contributed by atoms with E-state index in [9.17, 15) is 4.79 Å². The molecule has 0 heterocycles. The molecule has 0 spiro atoms. The van der Waals surface area contributed by atoms with Gasteiger partial charge in [0.15, 0.2) is 0 Å². The number of carboxylic acids is 1. The summed E-state index contributed by atoms with van der Waals surface area (Å²) in [5, 5.41) is 8.88. The van der Waals surface area contributed by atoms with Gasteiger partial charge < -0.3 is 10.8 Å². The molecule has 80 valence electrons. The normalized spacial score (nSPS) is 13.6. The Bertz CT molecular complexity index is 362. The lowest BCUT2D eigenvalue weighted by molar-refractivity contribution is -0.137. The van der Waals surface area contributed by atoms with Gasteiger partial charge in [-0.15, -0.1) is 0 Å². The predicted molar refractivity (Wildman–Crippen MR) is 60.5 cm³/mol. The molecule has 0 aromatic heterocycles. The van der Waals surface area contributed by atoms with E-state index in [1.807, 2.05) is 30.3 Å². The number of nitrogens with two attached hydrogens (primary N) is 1. The molecular weight excluding hydrogens is 214 g/mol.